The molecule has 4 atom stereocenters. The molecule has 2 aliphatic carbocycles. The maximum atomic E-state index is 6.03. The third-order valence-electron chi connectivity index (χ3n) is 4.94. The molecule has 3 nitrogen and oxygen atoms in total. The van der Waals surface area contributed by atoms with E-state index in [-0.39, 0.29) is 5.41 Å². The van der Waals surface area contributed by atoms with E-state index in [2.05, 4.69) is 19.2 Å². The molecule has 0 radical (unpaired) electrons. The van der Waals surface area contributed by atoms with Gasteiger partial charge in [-0.25, -0.2) is 0 Å². The van der Waals surface area contributed by atoms with Gasteiger partial charge in [-0.3, -0.25) is 0 Å². The molecule has 0 amide bonds. The molecule has 0 aliphatic heterocycles. The third-order valence-corrected chi connectivity index (χ3v) is 4.94. The second-order valence-electron chi connectivity index (χ2n) is 6.53. The Balaban J connectivity index is 1.72. The Kier molecular flexibility index (Phi) is 4.11. The van der Waals surface area contributed by atoms with Crippen LogP contribution in [0.1, 0.15) is 46.0 Å². The van der Waals surface area contributed by atoms with Gasteiger partial charge in [-0.05, 0) is 38.1 Å². The maximum absolute atomic E-state index is 6.03. The fraction of sp³-hybridized carbons (Fsp3) is 1.00. The summed E-state index contributed by atoms with van der Waals surface area (Å²) in [6, 6.07) is 1.06. The number of hydrogen-bond acceptors (Lipinski definition) is 3. The van der Waals surface area contributed by atoms with Gasteiger partial charge in [-0.1, -0.05) is 20.3 Å². The average molecular weight is 240 g/mol. The van der Waals surface area contributed by atoms with Crippen molar-refractivity contribution in [3.05, 3.63) is 0 Å². The van der Waals surface area contributed by atoms with E-state index < -0.39 is 0 Å². The Hall–Kier alpha value is -0.120. The van der Waals surface area contributed by atoms with Gasteiger partial charge in [0.2, 0.25) is 0 Å². The van der Waals surface area contributed by atoms with Crippen LogP contribution in [-0.2, 0) is 4.74 Å². The Morgan fingerprint density at radius 2 is 2.06 bits per heavy atom. The van der Waals surface area contributed by atoms with Crippen molar-refractivity contribution in [2.75, 3.05) is 13.7 Å². The quantitative estimate of drug-likeness (QED) is 0.789. The normalized spacial score (nSPS) is 40.9. The monoisotopic (exact) mass is 240 g/mol. The molecule has 100 valence electrons. The molecule has 4 unspecified atom stereocenters. The number of rotatable bonds is 4. The molecule has 0 spiro atoms. The molecular weight excluding hydrogens is 212 g/mol. The fourth-order valence-corrected chi connectivity index (χ4v) is 3.46. The second-order valence-corrected chi connectivity index (χ2v) is 6.53. The minimum Gasteiger partial charge on any atom is -0.381 e. The summed E-state index contributed by atoms with van der Waals surface area (Å²) in [5.41, 5.74) is 6.31. The molecule has 0 aromatic carbocycles. The summed E-state index contributed by atoms with van der Waals surface area (Å²) in [6.45, 7) is 5.74. The summed E-state index contributed by atoms with van der Waals surface area (Å²) in [5, 5.41) is 3.73. The first-order chi connectivity index (χ1) is 8.04. The van der Waals surface area contributed by atoms with Crippen LogP contribution in [0.3, 0.4) is 0 Å². The van der Waals surface area contributed by atoms with Gasteiger partial charge in [-0.15, -0.1) is 0 Å². The lowest BCUT2D eigenvalue weighted by molar-refractivity contribution is -0.0983. The standard InChI is InChI=1S/C14H28N2O/c1-14(2)12(8-13(14)17-3)16-9-10-5-4-6-11(15)7-10/h10-13,16H,4-9,15H2,1-3H3. The van der Waals surface area contributed by atoms with Crippen molar-refractivity contribution in [2.24, 2.45) is 17.1 Å². The largest absolute Gasteiger partial charge is 0.381 e. The highest BCUT2D eigenvalue weighted by molar-refractivity contribution is 5.02. The number of ether oxygens (including phenoxy) is 1. The molecule has 17 heavy (non-hydrogen) atoms. The van der Waals surface area contributed by atoms with Crippen LogP contribution in [0.25, 0.3) is 0 Å². The molecule has 2 saturated carbocycles. The summed E-state index contributed by atoms with van der Waals surface area (Å²) in [5.74, 6) is 0.788. The lowest BCUT2D eigenvalue weighted by Crippen LogP contribution is -2.61. The Bertz CT molecular complexity index is 255. The van der Waals surface area contributed by atoms with Crippen LogP contribution in [0, 0.1) is 11.3 Å². The number of nitrogens with one attached hydrogen (secondary N) is 1. The zero-order valence-corrected chi connectivity index (χ0v) is 11.5. The smallest absolute Gasteiger partial charge is 0.0652 e. The van der Waals surface area contributed by atoms with Crippen molar-refractivity contribution in [2.45, 2.75) is 64.1 Å². The SMILES string of the molecule is COC1CC(NCC2CCCC(N)C2)C1(C)C. The Morgan fingerprint density at radius 1 is 1.29 bits per heavy atom. The van der Waals surface area contributed by atoms with Crippen molar-refractivity contribution in [3.63, 3.8) is 0 Å². The van der Waals surface area contributed by atoms with E-state index in [1.807, 2.05) is 7.11 Å². The fourth-order valence-electron chi connectivity index (χ4n) is 3.46. The molecule has 2 aliphatic rings. The third kappa shape index (κ3) is 2.83. The van der Waals surface area contributed by atoms with Crippen LogP contribution < -0.4 is 11.1 Å². The number of hydrogen-bond donors (Lipinski definition) is 2. The van der Waals surface area contributed by atoms with Crippen molar-refractivity contribution in [1.29, 1.82) is 0 Å². The summed E-state index contributed by atoms with van der Waals surface area (Å²) >= 11 is 0. The second kappa shape index (κ2) is 5.25. The molecule has 0 bridgehead atoms. The average Bonchev–Trinajstić information content (AvgIpc) is 2.28. The lowest BCUT2D eigenvalue weighted by atomic mass is 9.64. The van der Waals surface area contributed by atoms with Crippen LogP contribution in [-0.4, -0.2) is 31.8 Å². The molecule has 0 heterocycles. The maximum Gasteiger partial charge on any atom is 0.0652 e. The molecular formula is C14H28N2O. The van der Waals surface area contributed by atoms with Gasteiger partial charge < -0.3 is 15.8 Å². The van der Waals surface area contributed by atoms with E-state index in [0.717, 1.165) is 18.9 Å². The zero-order valence-electron chi connectivity index (χ0n) is 11.5. The highest BCUT2D eigenvalue weighted by Crippen LogP contribution is 2.42. The van der Waals surface area contributed by atoms with Crippen molar-refractivity contribution in [3.8, 4) is 0 Å². The highest BCUT2D eigenvalue weighted by Gasteiger charge is 2.48. The van der Waals surface area contributed by atoms with Crippen molar-refractivity contribution >= 4 is 0 Å². The van der Waals surface area contributed by atoms with Gasteiger partial charge in [0.05, 0.1) is 6.10 Å². The van der Waals surface area contributed by atoms with E-state index in [1.165, 1.54) is 25.7 Å². The van der Waals surface area contributed by atoms with Crippen LogP contribution in [0.4, 0.5) is 0 Å². The molecule has 0 aromatic rings. The minimum atomic E-state index is 0.283. The van der Waals surface area contributed by atoms with E-state index in [9.17, 15) is 0 Å². The van der Waals surface area contributed by atoms with E-state index in [4.69, 9.17) is 10.5 Å². The predicted molar refractivity (Wildman–Crippen MR) is 70.9 cm³/mol. The van der Waals surface area contributed by atoms with Crippen LogP contribution in [0.5, 0.6) is 0 Å². The van der Waals surface area contributed by atoms with Gasteiger partial charge >= 0.3 is 0 Å². The van der Waals surface area contributed by atoms with E-state index >= 15 is 0 Å². The summed E-state index contributed by atoms with van der Waals surface area (Å²) < 4.78 is 5.48. The van der Waals surface area contributed by atoms with Gasteiger partial charge in [0.15, 0.2) is 0 Å². The van der Waals surface area contributed by atoms with Crippen LogP contribution in [0.2, 0.25) is 0 Å². The summed E-state index contributed by atoms with van der Waals surface area (Å²) in [7, 11) is 1.82. The van der Waals surface area contributed by atoms with Gasteiger partial charge in [0.25, 0.3) is 0 Å². The molecule has 2 fully saturated rings. The van der Waals surface area contributed by atoms with Crippen molar-refractivity contribution < 1.29 is 4.74 Å². The number of nitrogens with two attached hydrogens (primary N) is 1. The molecule has 3 heteroatoms. The summed E-state index contributed by atoms with van der Waals surface area (Å²) in [6.07, 6.45) is 6.66. The van der Waals surface area contributed by atoms with E-state index in [0.29, 0.717) is 18.2 Å². The van der Waals surface area contributed by atoms with E-state index in [1.54, 1.807) is 0 Å². The van der Waals surface area contributed by atoms with Crippen LogP contribution >= 0.6 is 0 Å². The highest BCUT2D eigenvalue weighted by atomic mass is 16.5. The first kappa shape index (κ1) is 13.3. The Labute approximate surface area is 105 Å². The first-order valence-corrected chi connectivity index (χ1v) is 7.05. The van der Waals surface area contributed by atoms with Crippen LogP contribution in [0.15, 0.2) is 0 Å². The minimum absolute atomic E-state index is 0.283. The van der Waals surface area contributed by atoms with Gasteiger partial charge in [0.1, 0.15) is 0 Å². The molecule has 0 saturated heterocycles. The van der Waals surface area contributed by atoms with Crippen molar-refractivity contribution in [1.82, 2.24) is 5.32 Å². The Morgan fingerprint density at radius 3 is 2.65 bits per heavy atom. The zero-order chi connectivity index (χ0) is 12.5. The number of methoxy groups -OCH3 is 1. The topological polar surface area (TPSA) is 47.3 Å². The summed E-state index contributed by atoms with van der Waals surface area (Å²) in [4.78, 5) is 0. The first-order valence-electron chi connectivity index (χ1n) is 7.05. The lowest BCUT2D eigenvalue weighted by Gasteiger charge is -2.52. The molecule has 0 aromatic heterocycles. The molecule has 2 rings (SSSR count). The molecule has 3 N–H and O–H groups in total. The van der Waals surface area contributed by atoms with Gasteiger partial charge in [0, 0.05) is 24.6 Å². The predicted octanol–water partition coefficient (Wildman–Crippen LogP) is 1.91. The van der Waals surface area contributed by atoms with Gasteiger partial charge in [-0.2, -0.15) is 0 Å².